The van der Waals surface area contributed by atoms with Crippen molar-refractivity contribution < 1.29 is 14.4 Å². The Morgan fingerprint density at radius 1 is 0.879 bits per heavy atom. The monoisotopic (exact) mass is 459 g/mol. The highest BCUT2D eigenvalue weighted by Gasteiger charge is 2.39. The van der Waals surface area contributed by atoms with Crippen molar-refractivity contribution in [2.75, 3.05) is 15.5 Å². The Labute approximate surface area is 196 Å². The summed E-state index contributed by atoms with van der Waals surface area (Å²) in [6.45, 7) is 3.93. The van der Waals surface area contributed by atoms with Gasteiger partial charge in [0, 0.05) is 16.9 Å². The second-order valence-electron chi connectivity index (χ2n) is 7.64. The van der Waals surface area contributed by atoms with E-state index in [0.29, 0.717) is 29.0 Å². The standard InChI is InChI=1S/C26H22ClN3O3/c1-3-17-6-4-5-7-21(17)30-25(32)22(27)23(26(30)33)28-19-14-10-18(11-15-19)24(31)29-20-12-8-16(2)9-13-20/h4-15,28H,3H2,1-2H3,(H,29,31). The highest BCUT2D eigenvalue weighted by Crippen LogP contribution is 2.32. The van der Waals surface area contributed by atoms with E-state index in [2.05, 4.69) is 10.6 Å². The van der Waals surface area contributed by atoms with Crippen molar-refractivity contribution in [2.24, 2.45) is 0 Å². The van der Waals surface area contributed by atoms with Crippen LogP contribution in [0, 0.1) is 6.92 Å². The minimum absolute atomic E-state index is 0.00410. The van der Waals surface area contributed by atoms with Gasteiger partial charge in [-0.2, -0.15) is 0 Å². The summed E-state index contributed by atoms with van der Waals surface area (Å²) in [6.07, 6.45) is 0.666. The number of carbonyl (C=O) groups is 3. The van der Waals surface area contributed by atoms with E-state index in [4.69, 9.17) is 11.6 Å². The maximum atomic E-state index is 13.0. The first-order chi connectivity index (χ1) is 15.9. The number of rotatable bonds is 6. The van der Waals surface area contributed by atoms with Gasteiger partial charge < -0.3 is 10.6 Å². The topological polar surface area (TPSA) is 78.5 Å². The Morgan fingerprint density at radius 3 is 2.18 bits per heavy atom. The predicted molar refractivity (Wildman–Crippen MR) is 130 cm³/mol. The Kier molecular flexibility index (Phi) is 6.29. The normalized spacial score (nSPS) is 13.5. The number of para-hydroxylation sites is 1. The molecular weight excluding hydrogens is 438 g/mol. The van der Waals surface area contributed by atoms with Gasteiger partial charge in [0.15, 0.2) is 0 Å². The molecule has 7 heteroatoms. The molecule has 1 heterocycles. The van der Waals surface area contributed by atoms with E-state index >= 15 is 0 Å². The van der Waals surface area contributed by atoms with Crippen molar-refractivity contribution in [1.82, 2.24) is 0 Å². The molecule has 6 nitrogen and oxygen atoms in total. The maximum absolute atomic E-state index is 13.0. The number of anilines is 3. The number of benzene rings is 3. The quantitative estimate of drug-likeness (QED) is 0.494. The minimum atomic E-state index is -0.570. The van der Waals surface area contributed by atoms with Crippen LogP contribution in [0.5, 0.6) is 0 Å². The van der Waals surface area contributed by atoms with Crippen molar-refractivity contribution in [1.29, 1.82) is 0 Å². The molecule has 0 aromatic heterocycles. The van der Waals surface area contributed by atoms with Crippen LogP contribution in [0.25, 0.3) is 0 Å². The van der Waals surface area contributed by atoms with Gasteiger partial charge in [-0.25, -0.2) is 4.90 Å². The van der Waals surface area contributed by atoms with E-state index in [9.17, 15) is 14.4 Å². The van der Waals surface area contributed by atoms with Gasteiger partial charge in [-0.15, -0.1) is 0 Å². The molecule has 0 saturated carbocycles. The van der Waals surface area contributed by atoms with Crippen molar-refractivity contribution >= 4 is 46.4 Å². The zero-order valence-electron chi connectivity index (χ0n) is 18.2. The molecule has 0 spiro atoms. The van der Waals surface area contributed by atoms with Gasteiger partial charge >= 0.3 is 0 Å². The number of amides is 3. The summed E-state index contributed by atoms with van der Waals surface area (Å²) in [5.41, 5.74) is 4.18. The minimum Gasteiger partial charge on any atom is -0.350 e. The lowest BCUT2D eigenvalue weighted by Gasteiger charge is -2.18. The number of imide groups is 1. The van der Waals surface area contributed by atoms with Crippen LogP contribution in [0.2, 0.25) is 0 Å². The lowest BCUT2D eigenvalue weighted by molar-refractivity contribution is -0.120. The van der Waals surface area contributed by atoms with Crippen LogP contribution in [-0.2, 0) is 16.0 Å². The lowest BCUT2D eigenvalue weighted by Crippen LogP contribution is -2.33. The van der Waals surface area contributed by atoms with Gasteiger partial charge in [0.05, 0.1) is 5.69 Å². The van der Waals surface area contributed by atoms with Gasteiger partial charge in [-0.1, -0.05) is 54.4 Å². The molecule has 2 N–H and O–H groups in total. The van der Waals surface area contributed by atoms with Gasteiger partial charge in [-0.3, -0.25) is 14.4 Å². The van der Waals surface area contributed by atoms with E-state index in [-0.39, 0.29) is 16.6 Å². The molecule has 1 aliphatic rings. The molecule has 1 aliphatic heterocycles. The first-order valence-electron chi connectivity index (χ1n) is 10.5. The van der Waals surface area contributed by atoms with E-state index in [0.717, 1.165) is 16.0 Å². The smallest absolute Gasteiger partial charge is 0.283 e. The summed E-state index contributed by atoms with van der Waals surface area (Å²) in [5.74, 6) is -1.34. The molecule has 3 aromatic carbocycles. The Bertz CT molecular complexity index is 1260. The first kappa shape index (κ1) is 22.3. The molecule has 0 bridgehead atoms. The summed E-state index contributed by atoms with van der Waals surface area (Å²) in [7, 11) is 0. The Hall–Kier alpha value is -3.90. The molecule has 33 heavy (non-hydrogen) atoms. The highest BCUT2D eigenvalue weighted by atomic mass is 35.5. The third-order valence-electron chi connectivity index (χ3n) is 5.37. The maximum Gasteiger partial charge on any atom is 0.283 e. The van der Waals surface area contributed by atoms with Crippen LogP contribution in [0.15, 0.2) is 83.5 Å². The van der Waals surface area contributed by atoms with E-state index < -0.39 is 11.8 Å². The average Bonchev–Trinajstić information content (AvgIpc) is 3.04. The second-order valence-corrected chi connectivity index (χ2v) is 8.02. The molecule has 0 saturated heterocycles. The first-order valence-corrected chi connectivity index (χ1v) is 10.9. The summed E-state index contributed by atoms with van der Waals surface area (Å²) in [4.78, 5) is 39.4. The molecule has 0 unspecified atom stereocenters. The molecular formula is C26H22ClN3O3. The van der Waals surface area contributed by atoms with E-state index in [1.807, 2.05) is 50.2 Å². The predicted octanol–water partition coefficient (Wildman–Crippen LogP) is 5.25. The second kappa shape index (κ2) is 9.30. The third-order valence-corrected chi connectivity index (χ3v) is 5.72. The zero-order chi connectivity index (χ0) is 23.5. The fourth-order valence-electron chi connectivity index (χ4n) is 3.55. The lowest BCUT2D eigenvalue weighted by atomic mass is 10.1. The fourth-order valence-corrected chi connectivity index (χ4v) is 3.76. The van der Waals surface area contributed by atoms with Crippen LogP contribution in [0.3, 0.4) is 0 Å². The molecule has 166 valence electrons. The molecule has 4 rings (SSSR count). The number of aryl methyl sites for hydroxylation is 2. The number of hydrogen-bond donors (Lipinski definition) is 2. The van der Waals surface area contributed by atoms with Crippen LogP contribution < -0.4 is 15.5 Å². The van der Waals surface area contributed by atoms with Gasteiger partial charge in [0.1, 0.15) is 10.7 Å². The molecule has 0 fully saturated rings. The summed E-state index contributed by atoms with van der Waals surface area (Å²) in [6, 6.07) is 21.3. The SMILES string of the molecule is CCc1ccccc1N1C(=O)C(Cl)=C(Nc2ccc(C(=O)Nc3ccc(C)cc3)cc2)C1=O. The molecule has 0 aliphatic carbocycles. The van der Waals surface area contributed by atoms with E-state index in [1.54, 1.807) is 36.4 Å². The summed E-state index contributed by atoms with van der Waals surface area (Å²) >= 11 is 6.24. The number of carbonyl (C=O) groups excluding carboxylic acids is 3. The third kappa shape index (κ3) is 4.52. The van der Waals surface area contributed by atoms with Crippen LogP contribution in [-0.4, -0.2) is 17.7 Å². The van der Waals surface area contributed by atoms with E-state index in [1.165, 1.54) is 0 Å². The van der Waals surface area contributed by atoms with Crippen molar-refractivity contribution in [3.8, 4) is 0 Å². The summed E-state index contributed by atoms with van der Waals surface area (Å²) < 4.78 is 0. The Morgan fingerprint density at radius 2 is 1.52 bits per heavy atom. The molecule has 3 amide bonds. The average molecular weight is 460 g/mol. The van der Waals surface area contributed by atoms with Gasteiger partial charge in [0.25, 0.3) is 17.7 Å². The van der Waals surface area contributed by atoms with Crippen molar-refractivity contribution in [3.63, 3.8) is 0 Å². The largest absolute Gasteiger partial charge is 0.350 e. The van der Waals surface area contributed by atoms with Crippen LogP contribution >= 0.6 is 11.6 Å². The van der Waals surface area contributed by atoms with Crippen LogP contribution in [0.1, 0.15) is 28.4 Å². The molecule has 0 radical (unpaired) electrons. The number of nitrogens with zero attached hydrogens (tertiary/aromatic N) is 1. The van der Waals surface area contributed by atoms with Crippen LogP contribution in [0.4, 0.5) is 17.1 Å². The number of halogens is 1. The zero-order valence-corrected chi connectivity index (χ0v) is 18.9. The number of hydrogen-bond acceptors (Lipinski definition) is 4. The fraction of sp³-hybridized carbons (Fsp3) is 0.115. The van der Waals surface area contributed by atoms with Gasteiger partial charge in [-0.05, 0) is 61.4 Å². The summed E-state index contributed by atoms with van der Waals surface area (Å²) in [5, 5.41) is 5.60. The highest BCUT2D eigenvalue weighted by molar-refractivity contribution is 6.53. The van der Waals surface area contributed by atoms with Crippen molar-refractivity contribution in [2.45, 2.75) is 20.3 Å². The Balaban J connectivity index is 1.49. The van der Waals surface area contributed by atoms with Crippen molar-refractivity contribution in [3.05, 3.63) is 100 Å². The molecule has 3 aromatic rings. The molecule has 0 atom stereocenters. The van der Waals surface area contributed by atoms with Gasteiger partial charge in [0.2, 0.25) is 0 Å². The number of nitrogens with one attached hydrogen (secondary N) is 2.